The molecule has 0 amide bonds. The molecular formula is C22H24N4O2. The van der Waals surface area contributed by atoms with Crippen LogP contribution in [0.25, 0.3) is 0 Å². The van der Waals surface area contributed by atoms with Crippen molar-refractivity contribution in [3.63, 3.8) is 0 Å². The molecule has 0 radical (unpaired) electrons. The summed E-state index contributed by atoms with van der Waals surface area (Å²) in [5, 5.41) is 6.53. The van der Waals surface area contributed by atoms with E-state index in [0.29, 0.717) is 23.9 Å². The van der Waals surface area contributed by atoms with Crippen molar-refractivity contribution >= 4 is 23.2 Å². The summed E-state index contributed by atoms with van der Waals surface area (Å²) in [6.45, 7) is 4.17. The van der Waals surface area contributed by atoms with Crippen LogP contribution in [0.3, 0.4) is 0 Å². The third-order valence-electron chi connectivity index (χ3n) is 4.29. The van der Waals surface area contributed by atoms with Gasteiger partial charge in [-0.05, 0) is 56.2 Å². The molecule has 0 saturated carbocycles. The van der Waals surface area contributed by atoms with E-state index in [1.165, 1.54) is 0 Å². The van der Waals surface area contributed by atoms with E-state index in [1.807, 2.05) is 43.3 Å². The molecule has 3 aromatic rings. The number of carbonyl (C=O) groups excluding carboxylic acids is 1. The molecule has 144 valence electrons. The van der Waals surface area contributed by atoms with E-state index in [1.54, 1.807) is 26.2 Å². The minimum Gasteiger partial charge on any atom is -0.496 e. The number of para-hydroxylation sites is 1. The lowest BCUT2D eigenvalue weighted by molar-refractivity contribution is 0.101. The lowest BCUT2D eigenvalue weighted by Crippen LogP contribution is -2.10. The van der Waals surface area contributed by atoms with Crippen LogP contribution in [0.2, 0.25) is 0 Å². The zero-order chi connectivity index (χ0) is 19.9. The fourth-order valence-corrected chi connectivity index (χ4v) is 2.87. The van der Waals surface area contributed by atoms with Crippen LogP contribution >= 0.6 is 0 Å². The van der Waals surface area contributed by atoms with E-state index in [-0.39, 0.29) is 5.78 Å². The Morgan fingerprint density at radius 1 is 1.07 bits per heavy atom. The zero-order valence-electron chi connectivity index (χ0n) is 16.3. The Hall–Kier alpha value is -3.41. The molecule has 0 bridgehead atoms. The molecule has 3 rings (SSSR count). The summed E-state index contributed by atoms with van der Waals surface area (Å²) < 4.78 is 5.39. The summed E-state index contributed by atoms with van der Waals surface area (Å²) in [5.41, 5.74) is 3.54. The Kier molecular flexibility index (Phi) is 6.22. The predicted octanol–water partition coefficient (Wildman–Crippen LogP) is 4.39. The molecule has 0 aliphatic rings. The van der Waals surface area contributed by atoms with Crippen LogP contribution < -0.4 is 15.4 Å². The SMILES string of the molecule is COc1ccccc1CCNc1nc(C)cc(Nc2ccc(C(C)=O)cc2)n1. The fraction of sp³-hybridized carbons (Fsp3) is 0.227. The van der Waals surface area contributed by atoms with E-state index in [0.717, 1.165) is 29.1 Å². The van der Waals surface area contributed by atoms with Crippen molar-refractivity contribution in [3.05, 3.63) is 71.4 Å². The summed E-state index contributed by atoms with van der Waals surface area (Å²) in [4.78, 5) is 20.4. The number of methoxy groups -OCH3 is 1. The van der Waals surface area contributed by atoms with Crippen LogP contribution in [-0.4, -0.2) is 29.4 Å². The van der Waals surface area contributed by atoms with E-state index in [2.05, 4.69) is 26.7 Å². The molecule has 2 N–H and O–H groups in total. The van der Waals surface area contributed by atoms with Gasteiger partial charge in [0.05, 0.1) is 7.11 Å². The van der Waals surface area contributed by atoms with Crippen molar-refractivity contribution in [1.29, 1.82) is 0 Å². The third-order valence-corrected chi connectivity index (χ3v) is 4.29. The van der Waals surface area contributed by atoms with Gasteiger partial charge in [-0.2, -0.15) is 4.98 Å². The third kappa shape index (κ3) is 5.07. The Bertz CT molecular complexity index is 955. The zero-order valence-corrected chi connectivity index (χ0v) is 16.3. The normalized spacial score (nSPS) is 10.4. The maximum absolute atomic E-state index is 11.4. The van der Waals surface area contributed by atoms with Crippen LogP contribution in [0.4, 0.5) is 17.5 Å². The first-order valence-corrected chi connectivity index (χ1v) is 9.14. The number of aromatic nitrogens is 2. The van der Waals surface area contributed by atoms with Gasteiger partial charge in [-0.25, -0.2) is 4.98 Å². The number of ketones is 1. The van der Waals surface area contributed by atoms with E-state index in [4.69, 9.17) is 4.74 Å². The fourth-order valence-electron chi connectivity index (χ4n) is 2.87. The first kappa shape index (κ1) is 19.4. The molecule has 1 heterocycles. The first-order valence-electron chi connectivity index (χ1n) is 9.14. The second-order valence-electron chi connectivity index (χ2n) is 6.47. The quantitative estimate of drug-likeness (QED) is 0.568. The van der Waals surface area contributed by atoms with Crippen LogP contribution in [0.5, 0.6) is 5.75 Å². The molecule has 1 aromatic heterocycles. The Balaban J connectivity index is 1.65. The van der Waals surface area contributed by atoms with Gasteiger partial charge in [0, 0.05) is 29.6 Å². The van der Waals surface area contributed by atoms with Gasteiger partial charge < -0.3 is 15.4 Å². The maximum Gasteiger partial charge on any atom is 0.224 e. The smallest absolute Gasteiger partial charge is 0.224 e. The molecular weight excluding hydrogens is 352 g/mol. The number of hydrogen-bond acceptors (Lipinski definition) is 6. The Morgan fingerprint density at radius 2 is 1.82 bits per heavy atom. The van der Waals surface area contributed by atoms with Crippen molar-refractivity contribution in [1.82, 2.24) is 9.97 Å². The molecule has 2 aromatic carbocycles. The highest BCUT2D eigenvalue weighted by atomic mass is 16.5. The number of nitrogens with zero attached hydrogens (tertiary/aromatic N) is 2. The Labute approximate surface area is 165 Å². The number of anilines is 3. The lowest BCUT2D eigenvalue weighted by atomic mass is 10.1. The average Bonchev–Trinajstić information content (AvgIpc) is 2.68. The molecule has 28 heavy (non-hydrogen) atoms. The molecule has 0 saturated heterocycles. The lowest BCUT2D eigenvalue weighted by Gasteiger charge is -2.11. The second kappa shape index (κ2) is 8.99. The molecule has 0 aliphatic heterocycles. The number of benzene rings is 2. The van der Waals surface area contributed by atoms with E-state index in [9.17, 15) is 4.79 Å². The molecule has 0 atom stereocenters. The maximum atomic E-state index is 11.4. The number of rotatable bonds is 8. The minimum atomic E-state index is 0.0472. The second-order valence-corrected chi connectivity index (χ2v) is 6.47. The van der Waals surface area contributed by atoms with Crippen LogP contribution in [0.15, 0.2) is 54.6 Å². The van der Waals surface area contributed by atoms with Crippen LogP contribution in [0, 0.1) is 6.92 Å². The molecule has 6 heteroatoms. The van der Waals surface area contributed by atoms with Gasteiger partial charge in [0.15, 0.2) is 5.78 Å². The Morgan fingerprint density at radius 3 is 2.54 bits per heavy atom. The first-order chi connectivity index (χ1) is 13.5. The number of Topliss-reactive ketones (excluding diaryl/α,β-unsaturated/α-hetero) is 1. The largest absolute Gasteiger partial charge is 0.496 e. The van der Waals surface area contributed by atoms with Crippen molar-refractivity contribution in [3.8, 4) is 5.75 Å². The number of nitrogens with one attached hydrogen (secondary N) is 2. The van der Waals surface area contributed by atoms with Crippen molar-refractivity contribution in [2.75, 3.05) is 24.3 Å². The summed E-state index contributed by atoms with van der Waals surface area (Å²) in [5.74, 6) is 2.19. The van der Waals surface area contributed by atoms with Gasteiger partial charge in [-0.1, -0.05) is 18.2 Å². The van der Waals surface area contributed by atoms with E-state index < -0.39 is 0 Å². The topological polar surface area (TPSA) is 76.1 Å². The molecule has 0 spiro atoms. The highest BCUT2D eigenvalue weighted by molar-refractivity contribution is 5.94. The van der Waals surface area contributed by atoms with Gasteiger partial charge in [0.25, 0.3) is 0 Å². The highest BCUT2D eigenvalue weighted by Crippen LogP contribution is 2.19. The highest BCUT2D eigenvalue weighted by Gasteiger charge is 2.06. The van der Waals surface area contributed by atoms with Gasteiger partial charge in [0.1, 0.15) is 11.6 Å². The van der Waals surface area contributed by atoms with Gasteiger partial charge in [0.2, 0.25) is 5.95 Å². The number of hydrogen-bond donors (Lipinski definition) is 2. The molecule has 6 nitrogen and oxygen atoms in total. The average molecular weight is 376 g/mol. The molecule has 0 aliphatic carbocycles. The van der Waals surface area contributed by atoms with Crippen molar-refractivity contribution < 1.29 is 9.53 Å². The minimum absolute atomic E-state index is 0.0472. The standard InChI is InChI=1S/C22H24N4O2/c1-15-14-21(25-19-10-8-17(9-11-19)16(2)27)26-22(24-15)23-13-12-18-6-4-5-7-20(18)28-3/h4-11,14H,12-13H2,1-3H3,(H2,23,24,25,26). The number of ether oxygens (including phenoxy) is 1. The van der Waals surface area contributed by atoms with Crippen molar-refractivity contribution in [2.24, 2.45) is 0 Å². The van der Waals surface area contributed by atoms with E-state index >= 15 is 0 Å². The van der Waals surface area contributed by atoms with Crippen molar-refractivity contribution in [2.45, 2.75) is 20.3 Å². The van der Waals surface area contributed by atoms with Gasteiger partial charge in [-0.15, -0.1) is 0 Å². The van der Waals surface area contributed by atoms with Crippen LogP contribution in [0.1, 0.15) is 28.5 Å². The number of aryl methyl sites for hydroxylation is 1. The molecule has 0 fully saturated rings. The summed E-state index contributed by atoms with van der Waals surface area (Å²) in [7, 11) is 1.68. The number of carbonyl (C=O) groups is 1. The summed E-state index contributed by atoms with van der Waals surface area (Å²) in [6, 6.07) is 17.2. The summed E-state index contributed by atoms with van der Waals surface area (Å²) in [6.07, 6.45) is 0.802. The monoisotopic (exact) mass is 376 g/mol. The predicted molar refractivity (Wildman–Crippen MR) is 112 cm³/mol. The summed E-state index contributed by atoms with van der Waals surface area (Å²) >= 11 is 0. The van der Waals surface area contributed by atoms with Gasteiger partial charge >= 0.3 is 0 Å². The van der Waals surface area contributed by atoms with Crippen LogP contribution in [-0.2, 0) is 6.42 Å². The molecule has 0 unspecified atom stereocenters. The van der Waals surface area contributed by atoms with Gasteiger partial charge in [-0.3, -0.25) is 4.79 Å².